The van der Waals surface area contributed by atoms with Crippen molar-refractivity contribution in [3.8, 4) is 0 Å². The van der Waals surface area contributed by atoms with Crippen LogP contribution in [0, 0.1) is 0 Å². The summed E-state index contributed by atoms with van der Waals surface area (Å²) in [4.78, 5) is 24.2. The highest BCUT2D eigenvalue weighted by atomic mass is 32.2. The predicted octanol–water partition coefficient (Wildman–Crippen LogP) is 1.44. The molecule has 0 heterocycles. The van der Waals surface area contributed by atoms with E-state index in [0.717, 1.165) is 17.9 Å². The smallest absolute Gasteiger partial charge is 0.270 e. The van der Waals surface area contributed by atoms with Crippen molar-refractivity contribution in [2.24, 2.45) is 20.7 Å². The molecule has 0 aliphatic heterocycles. The van der Waals surface area contributed by atoms with Crippen LogP contribution in [0.5, 0.6) is 0 Å². The molecule has 1 fully saturated rings. The first-order valence-electron chi connectivity index (χ1n) is 5.71. The summed E-state index contributed by atoms with van der Waals surface area (Å²) in [6, 6.07) is 0.256. The van der Waals surface area contributed by atoms with Crippen LogP contribution in [-0.2, 0) is 4.79 Å². The first-order chi connectivity index (χ1) is 8.58. The van der Waals surface area contributed by atoms with Crippen LogP contribution < -0.4 is 5.73 Å². The van der Waals surface area contributed by atoms with Gasteiger partial charge in [0.1, 0.15) is 0 Å². The number of amidine groups is 1. The Bertz CT molecular complexity index is 422. The number of rotatable bonds is 5. The van der Waals surface area contributed by atoms with Gasteiger partial charge in [0.25, 0.3) is 5.91 Å². The van der Waals surface area contributed by atoms with Crippen LogP contribution in [0.4, 0.5) is 0 Å². The summed E-state index contributed by atoms with van der Waals surface area (Å²) in [5.74, 6) is -0.257. The molecule has 0 aromatic heterocycles. The zero-order chi connectivity index (χ0) is 13.5. The normalized spacial score (nSPS) is 17.8. The summed E-state index contributed by atoms with van der Waals surface area (Å²) < 4.78 is 0. The summed E-state index contributed by atoms with van der Waals surface area (Å²) in [6.45, 7) is 5.75. The molecule has 2 N–H and O–H groups in total. The minimum absolute atomic E-state index is 0.134. The van der Waals surface area contributed by atoms with E-state index in [1.165, 1.54) is 11.8 Å². The Hall–Kier alpha value is -1.43. The Morgan fingerprint density at radius 3 is 2.67 bits per heavy atom. The highest BCUT2D eigenvalue weighted by molar-refractivity contribution is 8.13. The largest absolute Gasteiger partial charge is 0.364 e. The fraction of sp³-hybridized carbons (Fsp3) is 0.500. The second kappa shape index (κ2) is 7.10. The van der Waals surface area contributed by atoms with Crippen molar-refractivity contribution in [2.45, 2.75) is 25.8 Å². The van der Waals surface area contributed by atoms with Crippen molar-refractivity contribution >= 4 is 34.3 Å². The minimum atomic E-state index is -0.603. The zero-order valence-electron chi connectivity index (χ0n) is 10.7. The first-order valence-corrected chi connectivity index (χ1v) is 6.93. The maximum atomic E-state index is 11.4. The van der Waals surface area contributed by atoms with Gasteiger partial charge in [0.15, 0.2) is 11.5 Å². The Morgan fingerprint density at radius 2 is 2.22 bits per heavy atom. The number of carbonyl (C=O) groups is 1. The molecule has 0 atom stereocenters. The highest BCUT2D eigenvalue weighted by Crippen LogP contribution is 2.24. The van der Waals surface area contributed by atoms with Crippen molar-refractivity contribution in [2.75, 3.05) is 12.8 Å². The monoisotopic (exact) mass is 266 g/mol. The number of nitrogens with two attached hydrogens (primary N) is 1. The van der Waals surface area contributed by atoms with E-state index in [1.54, 1.807) is 6.08 Å². The fourth-order valence-corrected chi connectivity index (χ4v) is 1.31. The van der Waals surface area contributed by atoms with Crippen LogP contribution in [0.15, 0.2) is 27.6 Å². The molecule has 0 bridgehead atoms. The maximum absolute atomic E-state index is 11.4. The number of hydrogen-bond donors (Lipinski definition) is 1. The van der Waals surface area contributed by atoms with Crippen LogP contribution in [0.25, 0.3) is 0 Å². The SMILES string of the molecule is C=CCN=C(C(N)=O)C(N=C(C)SC)=NC1CC1. The molecule has 1 amide bonds. The fourth-order valence-electron chi connectivity index (χ4n) is 1.13. The number of thioether (sulfide) groups is 1. The van der Waals surface area contributed by atoms with Gasteiger partial charge in [-0.2, -0.15) is 0 Å². The molecule has 0 aromatic carbocycles. The van der Waals surface area contributed by atoms with E-state index in [9.17, 15) is 4.79 Å². The molecule has 0 aromatic rings. The molecule has 18 heavy (non-hydrogen) atoms. The summed E-state index contributed by atoms with van der Waals surface area (Å²) in [6.07, 6.45) is 5.58. The van der Waals surface area contributed by atoms with E-state index in [2.05, 4.69) is 21.6 Å². The van der Waals surface area contributed by atoms with Gasteiger partial charge in [-0.1, -0.05) is 6.08 Å². The van der Waals surface area contributed by atoms with Crippen LogP contribution in [0.2, 0.25) is 0 Å². The summed E-state index contributed by atoms with van der Waals surface area (Å²) in [7, 11) is 0. The van der Waals surface area contributed by atoms with Gasteiger partial charge in [-0.05, 0) is 26.0 Å². The molecular weight excluding hydrogens is 248 g/mol. The van der Waals surface area contributed by atoms with E-state index < -0.39 is 5.91 Å². The highest BCUT2D eigenvalue weighted by Gasteiger charge is 2.24. The molecule has 1 aliphatic carbocycles. The molecule has 0 spiro atoms. The van der Waals surface area contributed by atoms with E-state index >= 15 is 0 Å². The van der Waals surface area contributed by atoms with Gasteiger partial charge >= 0.3 is 0 Å². The lowest BCUT2D eigenvalue weighted by Gasteiger charge is -2.03. The van der Waals surface area contributed by atoms with E-state index in [-0.39, 0.29) is 11.8 Å². The minimum Gasteiger partial charge on any atom is -0.364 e. The maximum Gasteiger partial charge on any atom is 0.270 e. The van der Waals surface area contributed by atoms with Gasteiger partial charge in [-0.15, -0.1) is 18.3 Å². The van der Waals surface area contributed by atoms with Crippen LogP contribution in [0.1, 0.15) is 19.8 Å². The van der Waals surface area contributed by atoms with Crippen LogP contribution >= 0.6 is 11.8 Å². The van der Waals surface area contributed by atoms with Crippen LogP contribution in [0.3, 0.4) is 0 Å². The first kappa shape index (κ1) is 14.6. The zero-order valence-corrected chi connectivity index (χ0v) is 11.5. The number of aliphatic imine (C=N–C) groups is 3. The predicted molar refractivity (Wildman–Crippen MR) is 78.8 cm³/mol. The summed E-state index contributed by atoms with van der Waals surface area (Å²) in [5.41, 5.74) is 5.47. The lowest BCUT2D eigenvalue weighted by molar-refractivity contribution is -0.111. The number of amides is 1. The second-order valence-electron chi connectivity index (χ2n) is 3.86. The molecule has 0 radical (unpaired) electrons. The van der Waals surface area contributed by atoms with Crippen molar-refractivity contribution in [1.82, 2.24) is 0 Å². The van der Waals surface area contributed by atoms with Crippen molar-refractivity contribution < 1.29 is 4.79 Å². The van der Waals surface area contributed by atoms with Gasteiger partial charge in [0.2, 0.25) is 0 Å². The number of carbonyl (C=O) groups excluding carboxylic acids is 1. The van der Waals surface area contributed by atoms with Gasteiger partial charge in [-0.3, -0.25) is 14.8 Å². The van der Waals surface area contributed by atoms with Gasteiger partial charge in [-0.25, -0.2) is 4.99 Å². The van der Waals surface area contributed by atoms with E-state index in [1.807, 2.05) is 13.2 Å². The third-order valence-corrected chi connectivity index (χ3v) is 2.92. The van der Waals surface area contributed by atoms with Crippen molar-refractivity contribution in [1.29, 1.82) is 0 Å². The Balaban J connectivity index is 3.05. The summed E-state index contributed by atoms with van der Waals surface area (Å²) in [5, 5.41) is 0.821. The molecule has 98 valence electrons. The van der Waals surface area contributed by atoms with Crippen LogP contribution in [-0.4, -0.2) is 41.3 Å². The quantitative estimate of drug-likeness (QED) is 0.464. The molecule has 0 unspecified atom stereocenters. The average molecular weight is 266 g/mol. The van der Waals surface area contributed by atoms with E-state index in [4.69, 9.17) is 5.73 Å². The van der Waals surface area contributed by atoms with Gasteiger partial charge in [0, 0.05) is 0 Å². The molecule has 1 aliphatic rings. The van der Waals surface area contributed by atoms with Crippen molar-refractivity contribution in [3.63, 3.8) is 0 Å². The Kier molecular flexibility index (Phi) is 5.77. The Morgan fingerprint density at radius 1 is 1.56 bits per heavy atom. The Labute approximate surface area is 111 Å². The van der Waals surface area contributed by atoms with Crippen molar-refractivity contribution in [3.05, 3.63) is 12.7 Å². The summed E-state index contributed by atoms with van der Waals surface area (Å²) >= 11 is 1.50. The third kappa shape index (κ3) is 4.83. The average Bonchev–Trinajstić information content (AvgIpc) is 3.12. The van der Waals surface area contributed by atoms with E-state index in [0.29, 0.717) is 12.4 Å². The standard InChI is InChI=1S/C12H18N4OS/c1-4-7-14-10(11(13)17)12(15-8(2)18-3)16-9-5-6-9/h4,9H,1,5-7H2,2-3H3,(H2,13,17). The lowest BCUT2D eigenvalue weighted by atomic mass is 10.3. The molecule has 6 heteroatoms. The van der Waals surface area contributed by atoms with Gasteiger partial charge in [0.05, 0.1) is 17.6 Å². The number of hydrogen-bond acceptors (Lipinski definition) is 4. The third-order valence-electron chi connectivity index (χ3n) is 2.23. The molecule has 1 rings (SSSR count). The molecule has 5 nitrogen and oxygen atoms in total. The topological polar surface area (TPSA) is 80.2 Å². The molecular formula is C12H18N4OS. The lowest BCUT2D eigenvalue weighted by Crippen LogP contribution is -2.31. The number of nitrogens with zero attached hydrogens (tertiary/aromatic N) is 3. The number of primary amides is 1. The molecule has 1 saturated carbocycles. The molecule has 0 saturated heterocycles. The van der Waals surface area contributed by atoms with Gasteiger partial charge < -0.3 is 5.73 Å². The second-order valence-corrected chi connectivity index (χ2v) is 4.86.